The van der Waals surface area contributed by atoms with Gasteiger partial charge in [0.15, 0.2) is 10.9 Å². The van der Waals surface area contributed by atoms with E-state index in [1.165, 1.54) is 11.8 Å². The number of nitrogens with one attached hydrogen (secondary N) is 1. The highest BCUT2D eigenvalue weighted by Gasteiger charge is 2.14. The molecule has 4 aromatic rings. The molecular formula is C17H14N4O2S. The molecule has 0 spiro atoms. The van der Waals surface area contributed by atoms with Crippen LogP contribution in [0.25, 0.3) is 16.8 Å². The number of aromatic nitrogens is 4. The van der Waals surface area contributed by atoms with E-state index in [0.29, 0.717) is 22.8 Å². The summed E-state index contributed by atoms with van der Waals surface area (Å²) in [5.74, 6) is 1.67. The summed E-state index contributed by atoms with van der Waals surface area (Å²) in [6, 6.07) is 15.0. The van der Waals surface area contributed by atoms with Crippen LogP contribution < -0.4 is 4.74 Å². The number of rotatable bonds is 5. The van der Waals surface area contributed by atoms with Crippen molar-refractivity contribution in [3.8, 4) is 5.75 Å². The number of fused-ring (bicyclic) bond motifs is 3. The first-order valence-electron chi connectivity index (χ1n) is 7.38. The highest BCUT2D eigenvalue weighted by atomic mass is 32.2. The first-order valence-corrected chi connectivity index (χ1v) is 8.36. The molecule has 120 valence electrons. The molecule has 0 saturated carbocycles. The summed E-state index contributed by atoms with van der Waals surface area (Å²) >= 11 is 1.38. The average Bonchev–Trinajstić information content (AvgIpc) is 3.19. The third-order valence-corrected chi connectivity index (χ3v) is 4.67. The van der Waals surface area contributed by atoms with E-state index in [4.69, 9.17) is 4.74 Å². The molecular weight excluding hydrogens is 324 g/mol. The molecule has 6 nitrogen and oxygen atoms in total. The summed E-state index contributed by atoms with van der Waals surface area (Å²) in [6.07, 6.45) is 0. The number of thioether (sulfide) groups is 1. The van der Waals surface area contributed by atoms with Gasteiger partial charge in [-0.3, -0.25) is 9.20 Å². The number of carbonyl (C=O) groups is 1. The zero-order valence-electron chi connectivity index (χ0n) is 12.9. The Kier molecular flexibility index (Phi) is 3.70. The first-order chi connectivity index (χ1) is 11.8. The van der Waals surface area contributed by atoms with Gasteiger partial charge in [0, 0.05) is 5.56 Å². The van der Waals surface area contributed by atoms with E-state index >= 15 is 0 Å². The monoisotopic (exact) mass is 338 g/mol. The van der Waals surface area contributed by atoms with Gasteiger partial charge in [0.1, 0.15) is 5.75 Å². The molecule has 4 rings (SSSR count). The fourth-order valence-electron chi connectivity index (χ4n) is 2.55. The maximum atomic E-state index is 12.4. The SMILES string of the molecule is COc1cccc(C(=O)CSc2n[nH]c3nc4ccccc4n23)c1. The lowest BCUT2D eigenvalue weighted by Crippen LogP contribution is -2.03. The van der Waals surface area contributed by atoms with Crippen LogP contribution in [0.2, 0.25) is 0 Å². The van der Waals surface area contributed by atoms with Gasteiger partial charge in [-0.05, 0) is 24.3 Å². The Morgan fingerprint density at radius 1 is 1.25 bits per heavy atom. The van der Waals surface area contributed by atoms with E-state index < -0.39 is 0 Å². The lowest BCUT2D eigenvalue weighted by Gasteiger charge is -2.03. The zero-order valence-corrected chi connectivity index (χ0v) is 13.7. The number of H-pyrrole nitrogens is 1. The number of carbonyl (C=O) groups excluding carboxylic acids is 1. The number of hydrogen-bond donors (Lipinski definition) is 1. The molecule has 0 aliphatic heterocycles. The fraction of sp³-hybridized carbons (Fsp3) is 0.118. The summed E-state index contributed by atoms with van der Waals surface area (Å²) in [7, 11) is 1.59. The van der Waals surface area contributed by atoms with Gasteiger partial charge in [0.2, 0.25) is 5.78 Å². The van der Waals surface area contributed by atoms with Crippen LogP contribution in [0.1, 0.15) is 10.4 Å². The molecule has 0 fully saturated rings. The number of methoxy groups -OCH3 is 1. The molecule has 0 saturated heterocycles. The number of nitrogens with zero attached hydrogens (tertiary/aromatic N) is 3. The number of benzene rings is 2. The Bertz CT molecular complexity index is 1040. The summed E-state index contributed by atoms with van der Waals surface area (Å²) in [6.45, 7) is 0. The summed E-state index contributed by atoms with van der Waals surface area (Å²) in [5.41, 5.74) is 2.49. The van der Waals surface area contributed by atoms with Crippen molar-refractivity contribution in [3.63, 3.8) is 0 Å². The summed E-state index contributed by atoms with van der Waals surface area (Å²) in [4.78, 5) is 16.9. The molecule has 0 aliphatic carbocycles. The molecule has 0 atom stereocenters. The molecule has 2 aromatic carbocycles. The molecule has 2 aromatic heterocycles. The second kappa shape index (κ2) is 6.01. The Labute approximate surface area is 141 Å². The van der Waals surface area contributed by atoms with Crippen LogP contribution in [0.4, 0.5) is 0 Å². The number of para-hydroxylation sites is 2. The van der Waals surface area contributed by atoms with Crippen molar-refractivity contribution in [1.82, 2.24) is 19.6 Å². The van der Waals surface area contributed by atoms with Gasteiger partial charge in [0.25, 0.3) is 0 Å². The molecule has 0 bridgehead atoms. The lowest BCUT2D eigenvalue weighted by atomic mass is 10.1. The molecule has 0 amide bonds. The fourth-order valence-corrected chi connectivity index (χ4v) is 3.40. The number of imidazole rings is 1. The maximum absolute atomic E-state index is 12.4. The van der Waals surface area contributed by atoms with Crippen LogP contribution in [0, 0.1) is 0 Å². The Morgan fingerprint density at radius 2 is 2.12 bits per heavy atom. The van der Waals surface area contributed by atoms with Crippen molar-refractivity contribution in [2.75, 3.05) is 12.9 Å². The number of hydrogen-bond acceptors (Lipinski definition) is 5. The molecule has 2 heterocycles. The topological polar surface area (TPSA) is 72.3 Å². The van der Waals surface area contributed by atoms with Crippen LogP contribution in [0.15, 0.2) is 53.7 Å². The molecule has 0 unspecified atom stereocenters. The van der Waals surface area contributed by atoms with Crippen LogP contribution in [-0.4, -0.2) is 38.2 Å². The number of ketones is 1. The number of ether oxygens (including phenoxy) is 1. The first kappa shape index (κ1) is 14.8. The van der Waals surface area contributed by atoms with Crippen LogP contribution in [0.3, 0.4) is 0 Å². The largest absolute Gasteiger partial charge is 0.497 e. The summed E-state index contributed by atoms with van der Waals surface area (Å²) < 4.78 is 7.09. The van der Waals surface area contributed by atoms with Crippen LogP contribution >= 0.6 is 11.8 Å². The Hall–Kier alpha value is -2.80. The third kappa shape index (κ3) is 2.52. The quantitative estimate of drug-likeness (QED) is 0.447. The minimum absolute atomic E-state index is 0.0273. The number of aromatic amines is 1. The highest BCUT2D eigenvalue weighted by Crippen LogP contribution is 2.24. The lowest BCUT2D eigenvalue weighted by molar-refractivity contribution is 0.102. The number of Topliss-reactive ketones (excluding diaryl/α,β-unsaturated/α-hetero) is 1. The van der Waals surface area contributed by atoms with Gasteiger partial charge in [0.05, 0.1) is 23.9 Å². The van der Waals surface area contributed by atoms with Gasteiger partial charge in [-0.25, -0.2) is 10.1 Å². The molecule has 0 radical (unpaired) electrons. The molecule has 24 heavy (non-hydrogen) atoms. The average molecular weight is 338 g/mol. The van der Waals surface area contributed by atoms with Crippen LogP contribution in [-0.2, 0) is 0 Å². The van der Waals surface area contributed by atoms with E-state index in [1.54, 1.807) is 19.2 Å². The zero-order chi connectivity index (χ0) is 16.5. The highest BCUT2D eigenvalue weighted by molar-refractivity contribution is 7.99. The molecule has 0 aliphatic rings. The van der Waals surface area contributed by atoms with Crippen molar-refractivity contribution in [2.45, 2.75) is 5.16 Å². The van der Waals surface area contributed by atoms with Gasteiger partial charge >= 0.3 is 0 Å². The predicted octanol–water partition coefficient (Wildman–Crippen LogP) is 3.19. The van der Waals surface area contributed by atoms with Gasteiger partial charge in [-0.15, -0.1) is 5.10 Å². The van der Waals surface area contributed by atoms with Crippen molar-refractivity contribution in [2.24, 2.45) is 0 Å². The minimum atomic E-state index is 0.0273. The van der Waals surface area contributed by atoms with E-state index in [2.05, 4.69) is 15.2 Å². The van der Waals surface area contributed by atoms with Crippen molar-refractivity contribution < 1.29 is 9.53 Å². The Morgan fingerprint density at radius 3 is 3.00 bits per heavy atom. The van der Waals surface area contributed by atoms with Gasteiger partial charge in [-0.1, -0.05) is 36.0 Å². The normalized spacial score (nSPS) is 11.2. The smallest absolute Gasteiger partial charge is 0.231 e. The second-order valence-electron chi connectivity index (χ2n) is 5.21. The second-order valence-corrected chi connectivity index (χ2v) is 6.15. The minimum Gasteiger partial charge on any atom is -0.497 e. The molecule has 7 heteroatoms. The predicted molar refractivity (Wildman–Crippen MR) is 92.9 cm³/mol. The Balaban J connectivity index is 1.59. The van der Waals surface area contributed by atoms with Crippen LogP contribution in [0.5, 0.6) is 5.75 Å². The summed E-state index contributed by atoms with van der Waals surface area (Å²) in [5, 5.41) is 7.89. The van der Waals surface area contributed by atoms with Crippen molar-refractivity contribution in [1.29, 1.82) is 0 Å². The van der Waals surface area contributed by atoms with Crippen molar-refractivity contribution >= 4 is 34.4 Å². The van der Waals surface area contributed by atoms with E-state index in [9.17, 15) is 4.79 Å². The third-order valence-electron chi connectivity index (χ3n) is 3.73. The van der Waals surface area contributed by atoms with Crippen molar-refractivity contribution in [3.05, 3.63) is 54.1 Å². The maximum Gasteiger partial charge on any atom is 0.231 e. The van der Waals surface area contributed by atoms with E-state index in [1.807, 2.05) is 40.8 Å². The standard InChI is InChI=1S/C17H14N4O2S/c1-23-12-6-4-5-11(9-12)15(22)10-24-17-20-19-16-18-13-7-2-3-8-14(13)21(16)17/h2-9H,10H2,1H3,(H,18,19). The van der Waals surface area contributed by atoms with E-state index in [0.717, 1.165) is 16.2 Å². The van der Waals surface area contributed by atoms with Gasteiger partial charge in [-0.2, -0.15) is 0 Å². The molecule has 1 N–H and O–H groups in total. The van der Waals surface area contributed by atoms with Gasteiger partial charge < -0.3 is 4.74 Å². The van der Waals surface area contributed by atoms with E-state index in [-0.39, 0.29) is 5.78 Å².